The van der Waals surface area contributed by atoms with Crippen LogP contribution in [0.5, 0.6) is 0 Å². The summed E-state index contributed by atoms with van der Waals surface area (Å²) in [4.78, 5) is 48.7. The monoisotopic (exact) mass is 876 g/mol. The number of carbonyl (C=O) groups excluding carboxylic acids is 2. The van der Waals surface area contributed by atoms with Crippen LogP contribution in [0.1, 0.15) is 252 Å². The van der Waals surface area contributed by atoms with Gasteiger partial charge >= 0.3 is 5.97 Å². The zero-order valence-electron chi connectivity index (χ0n) is 41.7. The molecule has 1 aromatic carbocycles. The number of methoxy groups -OCH3 is 1. The van der Waals surface area contributed by atoms with Gasteiger partial charge in [0.25, 0.3) is 10.9 Å². The number of nitrogens with zero attached hydrogens (tertiary/aromatic N) is 1. The van der Waals surface area contributed by atoms with Crippen molar-refractivity contribution in [2.75, 3.05) is 51.0 Å². The van der Waals surface area contributed by atoms with Gasteiger partial charge in [-0.25, -0.2) is 0 Å². The lowest BCUT2D eigenvalue weighted by Crippen LogP contribution is -2.37. The molecule has 364 valence electrons. The molecule has 62 heavy (non-hydrogen) atoms. The first-order chi connectivity index (χ1) is 30.3. The Morgan fingerprint density at radius 2 is 0.968 bits per heavy atom. The minimum Gasteiger partial charge on any atom is -0.462 e. The number of aldehydes is 1. The SMILES string of the molecule is CCCCCCCCC(CC)OC(=O)CCCCCCCN(CCCCCCCC=O)CCCNc1c(NC)c(=O)c1=O.CCCCCCCCC(CCCCCCCC)OC. The Kier molecular flexibility index (Phi) is 43.7. The summed E-state index contributed by atoms with van der Waals surface area (Å²) >= 11 is 0. The summed E-state index contributed by atoms with van der Waals surface area (Å²) in [6.45, 7) is 12.6. The first kappa shape index (κ1) is 59.7. The molecule has 0 bridgehead atoms. The smallest absolute Gasteiger partial charge is 0.306 e. The number of nitrogens with one attached hydrogen (secondary N) is 2. The number of hydrogen-bond acceptors (Lipinski definition) is 9. The average Bonchev–Trinajstić information content (AvgIpc) is 3.28. The van der Waals surface area contributed by atoms with Crippen molar-refractivity contribution in [2.45, 2.75) is 265 Å². The van der Waals surface area contributed by atoms with E-state index in [0.29, 0.717) is 36.9 Å². The van der Waals surface area contributed by atoms with E-state index in [1.54, 1.807) is 7.05 Å². The number of unbranched alkanes of at least 4 members (excludes halogenated alkanes) is 24. The first-order valence-corrected chi connectivity index (χ1v) is 26.5. The number of rotatable bonds is 46. The molecule has 0 aliphatic rings. The Balaban J connectivity index is 0.00000164. The maximum Gasteiger partial charge on any atom is 0.306 e. The van der Waals surface area contributed by atoms with Crippen molar-refractivity contribution >= 4 is 23.6 Å². The number of anilines is 2. The lowest BCUT2D eigenvalue weighted by atomic mass is 10.0. The van der Waals surface area contributed by atoms with Crippen LogP contribution < -0.4 is 21.5 Å². The van der Waals surface area contributed by atoms with Crippen molar-refractivity contribution in [3.63, 3.8) is 0 Å². The molecule has 0 heterocycles. The van der Waals surface area contributed by atoms with Crippen LogP contribution in [0.2, 0.25) is 0 Å². The Morgan fingerprint density at radius 3 is 1.44 bits per heavy atom. The summed E-state index contributed by atoms with van der Waals surface area (Å²) in [7, 11) is 3.55. The molecule has 0 saturated heterocycles. The second kappa shape index (κ2) is 45.3. The van der Waals surface area contributed by atoms with Gasteiger partial charge in [-0.15, -0.1) is 0 Å². The minimum absolute atomic E-state index is 0.0330. The van der Waals surface area contributed by atoms with Gasteiger partial charge in [-0.1, -0.05) is 175 Å². The Hall–Kier alpha value is -2.26. The van der Waals surface area contributed by atoms with Gasteiger partial charge in [0.1, 0.15) is 23.8 Å². The van der Waals surface area contributed by atoms with E-state index in [1.165, 1.54) is 135 Å². The number of ether oxygens (including phenoxy) is 2. The summed E-state index contributed by atoms with van der Waals surface area (Å²) in [6.07, 6.45) is 43.4. The summed E-state index contributed by atoms with van der Waals surface area (Å²) in [5, 5.41) is 5.94. The molecule has 0 amide bonds. The van der Waals surface area contributed by atoms with Crippen LogP contribution in [-0.2, 0) is 19.1 Å². The van der Waals surface area contributed by atoms with Crippen LogP contribution in [0.4, 0.5) is 11.4 Å². The van der Waals surface area contributed by atoms with Crippen molar-refractivity contribution in [2.24, 2.45) is 0 Å². The van der Waals surface area contributed by atoms with Crippen molar-refractivity contribution in [1.29, 1.82) is 0 Å². The standard InChI is InChI=1S/C35H63N3O5.C18H38O/c1-4-6-7-8-12-17-23-30(5-2)43-31(40)24-18-13-11-15-20-27-38(26-19-14-9-10-16-21-29-39)28-22-25-37-33-32(36-3)34(41)35(33)42;1-4-6-8-10-12-14-16-18(19-3)17-15-13-11-9-7-5-2/h29-30,36-37H,4-28H2,1-3H3;18H,4-17H2,1-3H3. The molecule has 0 aliphatic heterocycles. The third-order valence-corrected chi connectivity index (χ3v) is 12.5. The van der Waals surface area contributed by atoms with Gasteiger partial charge in [-0.2, -0.15) is 0 Å². The number of esters is 1. The molecule has 0 fully saturated rings. The van der Waals surface area contributed by atoms with Gasteiger partial charge in [-0.05, 0) is 83.8 Å². The van der Waals surface area contributed by atoms with E-state index < -0.39 is 10.9 Å². The summed E-state index contributed by atoms with van der Waals surface area (Å²) < 4.78 is 11.4. The van der Waals surface area contributed by atoms with E-state index in [0.717, 1.165) is 103 Å². The summed E-state index contributed by atoms with van der Waals surface area (Å²) in [5.41, 5.74) is -0.0583. The highest BCUT2D eigenvalue weighted by molar-refractivity contribution is 5.73. The van der Waals surface area contributed by atoms with Crippen molar-refractivity contribution in [3.05, 3.63) is 20.4 Å². The molecule has 1 aromatic rings. The van der Waals surface area contributed by atoms with E-state index >= 15 is 0 Å². The van der Waals surface area contributed by atoms with E-state index in [1.807, 2.05) is 7.11 Å². The fourth-order valence-corrected chi connectivity index (χ4v) is 8.31. The lowest BCUT2D eigenvalue weighted by Gasteiger charge is -2.23. The molecule has 0 aliphatic carbocycles. The highest BCUT2D eigenvalue weighted by Crippen LogP contribution is 2.18. The van der Waals surface area contributed by atoms with E-state index in [4.69, 9.17) is 9.47 Å². The molecule has 9 nitrogen and oxygen atoms in total. The molecule has 9 heteroatoms. The minimum atomic E-state index is -0.440. The maximum absolute atomic E-state index is 12.3. The van der Waals surface area contributed by atoms with Gasteiger partial charge in [0.15, 0.2) is 0 Å². The molecular formula is C53H101N3O6. The maximum atomic E-state index is 12.3. The topological polar surface area (TPSA) is 114 Å². The van der Waals surface area contributed by atoms with Crippen molar-refractivity contribution < 1.29 is 19.1 Å². The van der Waals surface area contributed by atoms with E-state index in [-0.39, 0.29) is 12.1 Å². The molecule has 2 N–H and O–H groups in total. The van der Waals surface area contributed by atoms with Gasteiger partial charge < -0.3 is 29.8 Å². The largest absolute Gasteiger partial charge is 0.462 e. The molecule has 0 spiro atoms. The summed E-state index contributed by atoms with van der Waals surface area (Å²) in [5.74, 6) is -0.0330. The number of carbonyl (C=O) groups is 2. The number of hydrogen-bond donors (Lipinski definition) is 2. The lowest BCUT2D eigenvalue weighted by molar-refractivity contribution is -0.149. The van der Waals surface area contributed by atoms with Gasteiger partial charge in [-0.3, -0.25) is 14.4 Å². The Bertz CT molecular complexity index is 1180. The Morgan fingerprint density at radius 1 is 0.548 bits per heavy atom. The van der Waals surface area contributed by atoms with Crippen molar-refractivity contribution in [3.8, 4) is 0 Å². The third-order valence-electron chi connectivity index (χ3n) is 12.5. The fourth-order valence-electron chi connectivity index (χ4n) is 8.31. The fraction of sp³-hybridized carbons (Fsp3) is 0.887. The molecule has 0 radical (unpaired) electrons. The molecule has 1 atom stereocenters. The third kappa shape index (κ3) is 34.2. The first-order valence-electron chi connectivity index (χ1n) is 26.5. The summed E-state index contributed by atoms with van der Waals surface area (Å²) in [6, 6.07) is 0. The molecule has 1 unspecified atom stereocenters. The highest BCUT2D eigenvalue weighted by atomic mass is 16.5. The predicted octanol–water partition coefficient (Wildman–Crippen LogP) is 13.9. The molecule has 1 rings (SSSR count). The highest BCUT2D eigenvalue weighted by Gasteiger charge is 2.19. The normalized spacial score (nSPS) is 11.9. The van der Waals surface area contributed by atoms with Crippen molar-refractivity contribution in [1.82, 2.24) is 4.90 Å². The second-order valence-corrected chi connectivity index (χ2v) is 18.1. The second-order valence-electron chi connectivity index (χ2n) is 18.1. The van der Waals surface area contributed by atoms with Gasteiger partial charge in [0.2, 0.25) is 0 Å². The van der Waals surface area contributed by atoms with Gasteiger partial charge in [0.05, 0.1) is 6.10 Å². The zero-order chi connectivity index (χ0) is 45.7. The van der Waals surface area contributed by atoms with Crippen LogP contribution in [0, 0.1) is 0 Å². The van der Waals surface area contributed by atoms with Crippen LogP contribution in [-0.4, -0.2) is 69.7 Å². The zero-order valence-corrected chi connectivity index (χ0v) is 41.7. The quantitative estimate of drug-likeness (QED) is 0.0286. The molecular weight excluding hydrogens is 775 g/mol. The van der Waals surface area contributed by atoms with Crippen LogP contribution in [0.25, 0.3) is 0 Å². The molecule has 0 aromatic heterocycles. The molecule has 0 saturated carbocycles. The predicted molar refractivity (Wildman–Crippen MR) is 267 cm³/mol. The van der Waals surface area contributed by atoms with E-state index in [2.05, 4.69) is 43.2 Å². The van der Waals surface area contributed by atoms with Crippen LogP contribution >= 0.6 is 0 Å². The van der Waals surface area contributed by atoms with Crippen LogP contribution in [0.15, 0.2) is 9.59 Å². The Labute approximate surface area is 382 Å². The van der Waals surface area contributed by atoms with E-state index in [9.17, 15) is 19.2 Å². The van der Waals surface area contributed by atoms with Gasteiger partial charge in [0, 0.05) is 33.5 Å². The average molecular weight is 876 g/mol. The van der Waals surface area contributed by atoms with Crippen LogP contribution in [0.3, 0.4) is 0 Å².